The van der Waals surface area contributed by atoms with E-state index in [0.717, 1.165) is 3.79 Å². The standard InChI is InChI=1S/C13H14BrNS2/c1-9-4-2-3-5-10(9)16-12(8-15)11-6-7-13(14)17-11/h2-7,12H,8,15H2,1H3. The maximum atomic E-state index is 5.88. The Morgan fingerprint density at radius 2 is 2.06 bits per heavy atom. The second-order valence-corrected chi connectivity index (χ2v) is 7.49. The van der Waals surface area contributed by atoms with Gasteiger partial charge in [-0.2, -0.15) is 0 Å². The van der Waals surface area contributed by atoms with E-state index in [4.69, 9.17) is 5.73 Å². The quantitative estimate of drug-likeness (QED) is 0.830. The summed E-state index contributed by atoms with van der Waals surface area (Å²) in [5.41, 5.74) is 7.19. The first-order valence-electron chi connectivity index (χ1n) is 5.38. The minimum absolute atomic E-state index is 0.340. The van der Waals surface area contributed by atoms with Gasteiger partial charge in [0.25, 0.3) is 0 Å². The molecule has 0 saturated heterocycles. The second kappa shape index (κ2) is 6.05. The molecule has 4 heteroatoms. The van der Waals surface area contributed by atoms with Crippen LogP contribution in [0.5, 0.6) is 0 Å². The Morgan fingerprint density at radius 1 is 1.29 bits per heavy atom. The van der Waals surface area contributed by atoms with E-state index < -0.39 is 0 Å². The Bertz CT molecular complexity index is 496. The van der Waals surface area contributed by atoms with Crippen molar-refractivity contribution in [2.45, 2.75) is 17.1 Å². The fourth-order valence-electron chi connectivity index (χ4n) is 1.57. The van der Waals surface area contributed by atoms with Crippen LogP contribution in [-0.2, 0) is 0 Å². The average molecular weight is 328 g/mol. The molecule has 1 aromatic heterocycles. The molecule has 0 aliphatic carbocycles. The molecule has 90 valence electrons. The van der Waals surface area contributed by atoms with Crippen molar-refractivity contribution >= 4 is 39.0 Å². The maximum Gasteiger partial charge on any atom is 0.0701 e. The first-order valence-corrected chi connectivity index (χ1v) is 7.87. The van der Waals surface area contributed by atoms with E-state index in [1.165, 1.54) is 15.3 Å². The zero-order valence-corrected chi connectivity index (χ0v) is 12.7. The summed E-state index contributed by atoms with van der Waals surface area (Å²) in [6.45, 7) is 2.80. The van der Waals surface area contributed by atoms with Gasteiger partial charge in [-0.05, 0) is 46.6 Å². The zero-order valence-electron chi connectivity index (χ0n) is 9.52. The lowest BCUT2D eigenvalue weighted by Gasteiger charge is -2.14. The van der Waals surface area contributed by atoms with Crippen molar-refractivity contribution in [3.05, 3.63) is 50.6 Å². The van der Waals surface area contributed by atoms with Gasteiger partial charge in [0, 0.05) is 16.3 Å². The predicted molar refractivity (Wildman–Crippen MR) is 80.9 cm³/mol. The molecule has 0 saturated carbocycles. The molecule has 2 N–H and O–H groups in total. The van der Waals surface area contributed by atoms with Crippen LogP contribution in [0.2, 0.25) is 0 Å². The first-order chi connectivity index (χ1) is 8.20. The van der Waals surface area contributed by atoms with Crippen molar-refractivity contribution in [1.29, 1.82) is 0 Å². The summed E-state index contributed by atoms with van der Waals surface area (Å²) in [6.07, 6.45) is 0. The third-order valence-electron chi connectivity index (χ3n) is 2.49. The highest BCUT2D eigenvalue weighted by atomic mass is 79.9. The smallest absolute Gasteiger partial charge is 0.0701 e. The lowest BCUT2D eigenvalue weighted by Crippen LogP contribution is -2.08. The van der Waals surface area contributed by atoms with Crippen molar-refractivity contribution < 1.29 is 0 Å². The van der Waals surface area contributed by atoms with Gasteiger partial charge in [-0.25, -0.2) is 0 Å². The first kappa shape index (κ1) is 13.1. The minimum Gasteiger partial charge on any atom is -0.329 e. The summed E-state index contributed by atoms with van der Waals surface area (Å²) in [5.74, 6) is 0. The van der Waals surface area contributed by atoms with Crippen molar-refractivity contribution in [2.75, 3.05) is 6.54 Å². The SMILES string of the molecule is Cc1ccccc1SC(CN)c1ccc(Br)s1. The van der Waals surface area contributed by atoms with Gasteiger partial charge in [0.15, 0.2) is 0 Å². The van der Waals surface area contributed by atoms with Crippen LogP contribution >= 0.6 is 39.0 Å². The number of hydrogen-bond acceptors (Lipinski definition) is 3. The number of halogens is 1. The van der Waals surface area contributed by atoms with Crippen LogP contribution in [0.15, 0.2) is 45.1 Å². The van der Waals surface area contributed by atoms with Gasteiger partial charge in [-0.1, -0.05) is 18.2 Å². The molecule has 0 radical (unpaired) electrons. The van der Waals surface area contributed by atoms with Crippen LogP contribution in [0.4, 0.5) is 0 Å². The van der Waals surface area contributed by atoms with Crippen LogP contribution in [-0.4, -0.2) is 6.54 Å². The van der Waals surface area contributed by atoms with Crippen molar-refractivity contribution in [2.24, 2.45) is 5.73 Å². The van der Waals surface area contributed by atoms with E-state index in [-0.39, 0.29) is 0 Å². The molecule has 0 spiro atoms. The Morgan fingerprint density at radius 3 is 2.65 bits per heavy atom. The Hall–Kier alpha value is -0.290. The Labute approximate surface area is 119 Å². The minimum atomic E-state index is 0.340. The molecule has 2 aromatic rings. The third-order valence-corrected chi connectivity index (χ3v) is 5.82. The monoisotopic (exact) mass is 327 g/mol. The molecule has 1 heterocycles. The molecule has 0 bridgehead atoms. The lowest BCUT2D eigenvalue weighted by atomic mass is 10.2. The van der Waals surface area contributed by atoms with E-state index in [1.807, 2.05) is 11.8 Å². The van der Waals surface area contributed by atoms with Crippen LogP contribution in [0.1, 0.15) is 15.7 Å². The van der Waals surface area contributed by atoms with Crippen LogP contribution < -0.4 is 5.73 Å². The highest BCUT2D eigenvalue weighted by Gasteiger charge is 2.14. The number of thioether (sulfide) groups is 1. The Kier molecular flexibility index (Phi) is 4.68. The van der Waals surface area contributed by atoms with E-state index in [1.54, 1.807) is 11.3 Å². The zero-order chi connectivity index (χ0) is 12.3. The molecule has 1 aromatic carbocycles. The fourth-order valence-corrected chi connectivity index (χ4v) is 4.28. The van der Waals surface area contributed by atoms with E-state index in [9.17, 15) is 0 Å². The van der Waals surface area contributed by atoms with E-state index in [0.29, 0.717) is 11.8 Å². The summed E-state index contributed by atoms with van der Waals surface area (Å²) < 4.78 is 1.16. The number of nitrogens with two attached hydrogens (primary N) is 1. The number of benzene rings is 1. The summed E-state index contributed by atoms with van der Waals surface area (Å²) >= 11 is 7.11. The molecule has 1 nitrogen and oxygen atoms in total. The van der Waals surface area contributed by atoms with Crippen molar-refractivity contribution in [1.82, 2.24) is 0 Å². The summed E-state index contributed by atoms with van der Waals surface area (Å²) in [6, 6.07) is 12.7. The molecule has 1 unspecified atom stereocenters. The van der Waals surface area contributed by atoms with E-state index >= 15 is 0 Å². The van der Waals surface area contributed by atoms with Gasteiger partial charge >= 0.3 is 0 Å². The number of hydrogen-bond donors (Lipinski definition) is 1. The maximum absolute atomic E-state index is 5.88. The molecular formula is C13H14BrNS2. The summed E-state index contributed by atoms with van der Waals surface area (Å²) in [4.78, 5) is 2.64. The molecule has 0 fully saturated rings. The molecule has 0 amide bonds. The van der Waals surface area contributed by atoms with Crippen LogP contribution in [0, 0.1) is 6.92 Å². The number of thiophene rings is 1. The lowest BCUT2D eigenvalue weighted by molar-refractivity contribution is 0.959. The third kappa shape index (κ3) is 3.35. The van der Waals surface area contributed by atoms with E-state index in [2.05, 4.69) is 59.3 Å². The topological polar surface area (TPSA) is 26.0 Å². The predicted octanol–water partition coefficient (Wildman–Crippen LogP) is 4.61. The van der Waals surface area contributed by atoms with Gasteiger partial charge in [0.05, 0.1) is 9.04 Å². The summed E-state index contributed by atoms with van der Waals surface area (Å²) in [5, 5.41) is 0.340. The van der Waals surface area contributed by atoms with Crippen LogP contribution in [0.3, 0.4) is 0 Å². The molecule has 17 heavy (non-hydrogen) atoms. The Balaban J connectivity index is 2.18. The largest absolute Gasteiger partial charge is 0.329 e. The number of aryl methyl sites for hydroxylation is 1. The number of rotatable bonds is 4. The van der Waals surface area contributed by atoms with Gasteiger partial charge in [0.2, 0.25) is 0 Å². The fraction of sp³-hybridized carbons (Fsp3) is 0.231. The molecule has 1 atom stereocenters. The molecule has 2 rings (SSSR count). The van der Waals surface area contributed by atoms with Gasteiger partial charge in [-0.15, -0.1) is 23.1 Å². The average Bonchev–Trinajstić information content (AvgIpc) is 2.75. The van der Waals surface area contributed by atoms with Gasteiger partial charge in [0.1, 0.15) is 0 Å². The molecule has 0 aliphatic rings. The molecule has 0 aliphatic heterocycles. The highest BCUT2D eigenvalue weighted by molar-refractivity contribution is 9.11. The highest BCUT2D eigenvalue weighted by Crippen LogP contribution is 2.39. The van der Waals surface area contributed by atoms with Gasteiger partial charge < -0.3 is 5.73 Å². The second-order valence-electron chi connectivity index (χ2n) is 3.75. The summed E-state index contributed by atoms with van der Waals surface area (Å²) in [7, 11) is 0. The van der Waals surface area contributed by atoms with Gasteiger partial charge in [-0.3, -0.25) is 0 Å². The molecular weight excluding hydrogens is 314 g/mol. The van der Waals surface area contributed by atoms with Crippen molar-refractivity contribution in [3.8, 4) is 0 Å². The van der Waals surface area contributed by atoms with Crippen LogP contribution in [0.25, 0.3) is 0 Å². The van der Waals surface area contributed by atoms with Crippen molar-refractivity contribution in [3.63, 3.8) is 0 Å². The normalized spacial score (nSPS) is 12.6.